The molecule has 216 valence electrons. The number of carboxylic acids is 1. The zero-order valence-electron chi connectivity index (χ0n) is 22.9. The van der Waals surface area contributed by atoms with Gasteiger partial charge in [0.15, 0.2) is 6.04 Å². The van der Waals surface area contributed by atoms with Crippen LogP contribution in [0.5, 0.6) is 0 Å². The molecule has 43 heavy (non-hydrogen) atoms. The van der Waals surface area contributed by atoms with Gasteiger partial charge in [0.1, 0.15) is 11.9 Å². The molecule has 0 saturated heterocycles. The number of sulfonamides is 1. The molecule has 9 nitrogen and oxygen atoms in total. The predicted molar refractivity (Wildman–Crippen MR) is 157 cm³/mol. The highest BCUT2D eigenvalue weighted by Gasteiger charge is 2.31. The summed E-state index contributed by atoms with van der Waals surface area (Å²) in [7, 11) is -2.16. The highest BCUT2D eigenvalue weighted by atomic mass is 32.2. The molecule has 1 amide bonds. The van der Waals surface area contributed by atoms with E-state index in [1.807, 2.05) is 41.9 Å². The summed E-state index contributed by atoms with van der Waals surface area (Å²) in [5.41, 5.74) is 3.46. The standard InChI is InChI=1S/C32H25FN4O5S/c1-36-27-7-3-2-5-24(27)29-25(6-4-8-28(29)36)31(38)35-30(32(39)40)20-10-9-19-13-14-37(18-22(19)15-20)43(41,42)23-11-12-26(33)21(16-23)17-34/h2-12,15-16,30H,13-14,18H2,1H3,(H,35,38)(H,39,40). The molecule has 1 aliphatic heterocycles. The number of carbonyl (C=O) groups is 2. The normalized spacial score (nSPS) is 14.3. The molecule has 2 N–H and O–H groups in total. The maximum Gasteiger partial charge on any atom is 0.330 e. The van der Waals surface area contributed by atoms with Crippen molar-refractivity contribution in [3.05, 3.63) is 112 Å². The van der Waals surface area contributed by atoms with E-state index in [1.165, 1.54) is 4.31 Å². The fourth-order valence-electron chi connectivity index (χ4n) is 5.73. The predicted octanol–water partition coefficient (Wildman–Crippen LogP) is 4.64. The first-order valence-electron chi connectivity index (χ1n) is 13.4. The van der Waals surface area contributed by atoms with Crippen LogP contribution in [0.4, 0.5) is 4.39 Å². The van der Waals surface area contributed by atoms with Crippen LogP contribution in [0.1, 0.15) is 38.7 Å². The van der Waals surface area contributed by atoms with Gasteiger partial charge in [-0.25, -0.2) is 17.6 Å². The molecule has 2 heterocycles. The lowest BCUT2D eigenvalue weighted by atomic mass is 9.95. The molecule has 0 fully saturated rings. The number of aryl methyl sites for hydroxylation is 1. The summed E-state index contributed by atoms with van der Waals surface area (Å²) >= 11 is 0. The SMILES string of the molecule is Cn1c2ccccc2c2c(C(=O)NC(C(=O)O)c3ccc4c(c3)CN(S(=O)(=O)c3ccc(F)c(C#N)c3)CC4)cccc21. The zero-order chi connectivity index (χ0) is 30.5. The second kappa shape index (κ2) is 10.7. The number of aromatic nitrogens is 1. The topological polar surface area (TPSA) is 132 Å². The lowest BCUT2D eigenvalue weighted by molar-refractivity contribution is -0.139. The van der Waals surface area contributed by atoms with Crippen LogP contribution in [0, 0.1) is 17.1 Å². The van der Waals surface area contributed by atoms with Crippen LogP contribution in [-0.2, 0) is 34.8 Å². The first-order valence-corrected chi connectivity index (χ1v) is 14.9. The van der Waals surface area contributed by atoms with Crippen LogP contribution in [0.3, 0.4) is 0 Å². The Morgan fingerprint density at radius 2 is 1.77 bits per heavy atom. The van der Waals surface area contributed by atoms with Gasteiger partial charge in [-0.3, -0.25) is 4.79 Å². The maximum absolute atomic E-state index is 13.8. The Balaban J connectivity index is 1.31. The molecule has 1 aliphatic rings. The second-order valence-corrected chi connectivity index (χ2v) is 12.3. The van der Waals surface area contributed by atoms with Gasteiger partial charge in [0, 0.05) is 47.5 Å². The number of amides is 1. The van der Waals surface area contributed by atoms with E-state index in [4.69, 9.17) is 5.26 Å². The average molecular weight is 597 g/mol. The number of carbonyl (C=O) groups excluding carboxylic acids is 1. The molecule has 0 bridgehead atoms. The molecule has 1 aromatic heterocycles. The number of nitriles is 1. The van der Waals surface area contributed by atoms with Gasteiger partial charge in [0.25, 0.3) is 5.91 Å². The molecular formula is C32H25FN4O5S. The summed E-state index contributed by atoms with van der Waals surface area (Å²) in [5, 5.41) is 23.5. The smallest absolute Gasteiger partial charge is 0.330 e. The third-order valence-electron chi connectivity index (χ3n) is 7.94. The van der Waals surface area contributed by atoms with Crippen molar-refractivity contribution in [1.29, 1.82) is 5.26 Å². The monoisotopic (exact) mass is 596 g/mol. The molecule has 4 aromatic carbocycles. The van der Waals surface area contributed by atoms with Gasteiger partial charge in [-0.05, 0) is 59.5 Å². The highest BCUT2D eigenvalue weighted by molar-refractivity contribution is 7.89. The zero-order valence-corrected chi connectivity index (χ0v) is 23.7. The summed E-state index contributed by atoms with van der Waals surface area (Å²) in [5.74, 6) is -2.64. The summed E-state index contributed by atoms with van der Waals surface area (Å²) < 4.78 is 43.7. The summed E-state index contributed by atoms with van der Waals surface area (Å²) in [6.07, 6.45) is 0.369. The molecule has 6 rings (SSSR count). The third-order valence-corrected chi connectivity index (χ3v) is 9.78. The van der Waals surface area contributed by atoms with Gasteiger partial charge < -0.3 is 15.0 Å². The van der Waals surface area contributed by atoms with E-state index in [2.05, 4.69) is 5.32 Å². The van der Waals surface area contributed by atoms with E-state index in [0.29, 0.717) is 22.9 Å². The summed E-state index contributed by atoms with van der Waals surface area (Å²) in [4.78, 5) is 25.8. The quantitative estimate of drug-likeness (QED) is 0.293. The Bertz CT molecular complexity index is 2120. The van der Waals surface area contributed by atoms with Crippen molar-refractivity contribution in [2.45, 2.75) is 23.9 Å². The Hall–Kier alpha value is -5.05. The summed E-state index contributed by atoms with van der Waals surface area (Å²) in [6.45, 7) is 0.0996. The van der Waals surface area contributed by atoms with E-state index < -0.39 is 33.8 Å². The van der Waals surface area contributed by atoms with Gasteiger partial charge in [-0.15, -0.1) is 0 Å². The van der Waals surface area contributed by atoms with Crippen LogP contribution < -0.4 is 5.32 Å². The average Bonchev–Trinajstić information content (AvgIpc) is 3.31. The number of para-hydroxylation sites is 1. The molecule has 0 spiro atoms. The van der Waals surface area contributed by atoms with Crippen molar-refractivity contribution in [3.63, 3.8) is 0 Å². The van der Waals surface area contributed by atoms with Crippen LogP contribution in [0.15, 0.2) is 83.8 Å². The number of carboxylic acid groups (broad SMARTS) is 1. The Morgan fingerprint density at radius 1 is 1.00 bits per heavy atom. The van der Waals surface area contributed by atoms with Gasteiger partial charge >= 0.3 is 5.97 Å². The van der Waals surface area contributed by atoms with Crippen molar-refractivity contribution in [3.8, 4) is 6.07 Å². The van der Waals surface area contributed by atoms with Crippen molar-refractivity contribution < 1.29 is 27.5 Å². The number of hydrogen-bond acceptors (Lipinski definition) is 5. The minimum atomic E-state index is -4.07. The number of nitrogens with zero attached hydrogens (tertiary/aromatic N) is 3. The van der Waals surface area contributed by atoms with Crippen molar-refractivity contribution in [2.24, 2.45) is 7.05 Å². The van der Waals surface area contributed by atoms with Gasteiger partial charge in [-0.1, -0.05) is 42.5 Å². The number of fused-ring (bicyclic) bond motifs is 4. The molecule has 0 saturated carbocycles. The van der Waals surface area contributed by atoms with E-state index in [9.17, 15) is 27.5 Å². The minimum absolute atomic E-state index is 0.0552. The van der Waals surface area contributed by atoms with Crippen LogP contribution in [-0.4, -0.2) is 40.8 Å². The maximum atomic E-state index is 13.8. The number of benzene rings is 4. The largest absolute Gasteiger partial charge is 0.479 e. The number of halogens is 1. The van der Waals surface area contributed by atoms with Crippen molar-refractivity contribution in [2.75, 3.05) is 6.54 Å². The Kier molecular flexibility index (Phi) is 6.96. The molecule has 1 unspecified atom stereocenters. The van der Waals surface area contributed by atoms with Gasteiger partial charge in [-0.2, -0.15) is 9.57 Å². The first-order chi connectivity index (χ1) is 20.6. The van der Waals surface area contributed by atoms with E-state index >= 15 is 0 Å². The lowest BCUT2D eigenvalue weighted by Gasteiger charge is -2.29. The van der Waals surface area contributed by atoms with Gasteiger partial charge in [0.05, 0.1) is 10.5 Å². The summed E-state index contributed by atoms with van der Waals surface area (Å²) in [6, 6.07) is 21.3. The van der Waals surface area contributed by atoms with E-state index in [1.54, 1.807) is 36.4 Å². The van der Waals surface area contributed by atoms with Crippen molar-refractivity contribution >= 4 is 43.7 Å². The number of rotatable bonds is 6. The van der Waals surface area contributed by atoms with E-state index in [-0.39, 0.29) is 29.1 Å². The fourth-order valence-corrected chi connectivity index (χ4v) is 7.18. The van der Waals surface area contributed by atoms with Crippen LogP contribution in [0.25, 0.3) is 21.8 Å². The lowest BCUT2D eigenvalue weighted by Crippen LogP contribution is -2.37. The molecule has 1 atom stereocenters. The van der Waals surface area contributed by atoms with Crippen molar-refractivity contribution in [1.82, 2.24) is 14.2 Å². The number of nitrogens with one attached hydrogen (secondary N) is 1. The van der Waals surface area contributed by atoms with Gasteiger partial charge in [0.2, 0.25) is 10.0 Å². The van der Waals surface area contributed by atoms with Crippen LogP contribution in [0.2, 0.25) is 0 Å². The number of aliphatic carboxylic acids is 1. The molecular weight excluding hydrogens is 571 g/mol. The third kappa shape index (κ3) is 4.80. The highest BCUT2D eigenvalue weighted by Crippen LogP contribution is 2.32. The molecule has 0 radical (unpaired) electrons. The van der Waals surface area contributed by atoms with Crippen LogP contribution >= 0.6 is 0 Å². The van der Waals surface area contributed by atoms with E-state index in [0.717, 1.165) is 40.2 Å². The minimum Gasteiger partial charge on any atom is -0.479 e. The molecule has 0 aliphatic carbocycles. The molecule has 11 heteroatoms. The Labute approximate surface area is 246 Å². The molecule has 5 aromatic rings. The number of hydrogen-bond donors (Lipinski definition) is 2. The first kappa shape index (κ1) is 28.1. The fraction of sp³-hybridized carbons (Fsp3) is 0.156. The Morgan fingerprint density at radius 3 is 2.53 bits per heavy atom. The second-order valence-electron chi connectivity index (χ2n) is 10.4.